The summed E-state index contributed by atoms with van der Waals surface area (Å²) < 4.78 is 0. The van der Waals surface area contributed by atoms with Gasteiger partial charge in [0.15, 0.2) is 0 Å². The number of nitrogens with zero attached hydrogens (tertiary/aromatic N) is 1. The monoisotopic (exact) mass is 345 g/mol. The van der Waals surface area contributed by atoms with Gasteiger partial charge in [0, 0.05) is 6.54 Å². The van der Waals surface area contributed by atoms with Crippen LogP contribution in [0, 0.1) is 0 Å². The van der Waals surface area contributed by atoms with Crippen LogP contribution in [0.5, 0.6) is 0 Å². The molecule has 0 radical (unpaired) electrons. The minimum absolute atomic E-state index is 0.0566. The molecule has 0 aliphatic carbocycles. The number of aliphatic hydroxyl groups excluding tert-OH is 1. The summed E-state index contributed by atoms with van der Waals surface area (Å²) in [5.74, 6) is -0.0566. The maximum absolute atomic E-state index is 12.2. The Hall–Kier alpha value is -1.76. The molecule has 3 atom stereocenters. The molecule has 0 saturated carbocycles. The van der Waals surface area contributed by atoms with E-state index in [1.54, 1.807) is 11.3 Å². The van der Waals surface area contributed by atoms with E-state index in [9.17, 15) is 9.90 Å². The molecule has 3 N–H and O–H groups in total. The highest BCUT2D eigenvalue weighted by Crippen LogP contribution is 2.29. The Morgan fingerprint density at radius 1 is 1.46 bits per heavy atom. The van der Waals surface area contributed by atoms with Gasteiger partial charge in [0.1, 0.15) is 0 Å². The minimum Gasteiger partial charge on any atom is -0.392 e. The van der Waals surface area contributed by atoms with Crippen molar-refractivity contribution in [2.75, 3.05) is 6.54 Å². The van der Waals surface area contributed by atoms with E-state index < -0.39 is 6.10 Å². The maximum Gasteiger partial charge on any atom is 0.237 e. The van der Waals surface area contributed by atoms with Crippen molar-refractivity contribution in [3.05, 3.63) is 41.0 Å². The van der Waals surface area contributed by atoms with Crippen LogP contribution in [0.3, 0.4) is 0 Å². The Labute approximate surface area is 146 Å². The summed E-state index contributed by atoms with van der Waals surface area (Å²) in [7, 11) is 0. The van der Waals surface area contributed by atoms with E-state index in [0.29, 0.717) is 13.0 Å². The van der Waals surface area contributed by atoms with Gasteiger partial charge in [-0.25, -0.2) is 4.98 Å². The van der Waals surface area contributed by atoms with Gasteiger partial charge in [-0.05, 0) is 30.9 Å². The molecule has 3 rings (SSSR count). The first kappa shape index (κ1) is 17.1. The zero-order valence-corrected chi connectivity index (χ0v) is 14.8. The second-order valence-corrected chi connectivity index (χ2v) is 7.04. The number of carbonyl (C=O) groups is 1. The van der Waals surface area contributed by atoms with Gasteiger partial charge >= 0.3 is 0 Å². The van der Waals surface area contributed by atoms with Gasteiger partial charge in [0.25, 0.3) is 0 Å². The number of thiazole rings is 1. The van der Waals surface area contributed by atoms with Crippen LogP contribution in [-0.4, -0.2) is 34.7 Å². The summed E-state index contributed by atoms with van der Waals surface area (Å²) >= 11 is 1.66. The van der Waals surface area contributed by atoms with Gasteiger partial charge in [0.2, 0.25) is 5.91 Å². The van der Waals surface area contributed by atoms with E-state index in [1.165, 1.54) is 4.88 Å². The van der Waals surface area contributed by atoms with Gasteiger partial charge in [-0.2, -0.15) is 0 Å². The normalized spacial score (nSPS) is 21.6. The van der Waals surface area contributed by atoms with Gasteiger partial charge in [0.05, 0.1) is 34.3 Å². The molecule has 2 heterocycles. The molecule has 24 heavy (non-hydrogen) atoms. The molecule has 0 spiro atoms. The lowest BCUT2D eigenvalue weighted by atomic mass is 10.0. The van der Waals surface area contributed by atoms with Crippen LogP contribution in [0.25, 0.3) is 10.4 Å². The summed E-state index contributed by atoms with van der Waals surface area (Å²) in [5, 5.41) is 15.6. The lowest BCUT2D eigenvalue weighted by Gasteiger charge is -2.18. The van der Waals surface area contributed by atoms with Crippen molar-refractivity contribution in [1.29, 1.82) is 0 Å². The zero-order valence-electron chi connectivity index (χ0n) is 14.0. The number of aromatic nitrogens is 1. The third kappa shape index (κ3) is 3.66. The van der Waals surface area contributed by atoms with Crippen molar-refractivity contribution in [3.8, 4) is 10.4 Å². The molecule has 1 saturated heterocycles. The van der Waals surface area contributed by atoms with E-state index >= 15 is 0 Å². The highest BCUT2D eigenvalue weighted by Gasteiger charge is 2.28. The Morgan fingerprint density at radius 3 is 2.83 bits per heavy atom. The maximum atomic E-state index is 12.2. The largest absolute Gasteiger partial charge is 0.392 e. The SMILES string of the molecule is CCc1ncsc1-c1ccc([C@H](C)NC(=O)[C@@H]2C[C@@H](O)CN2)cc1. The first-order valence-corrected chi connectivity index (χ1v) is 9.21. The Bertz CT molecular complexity index is 699. The van der Waals surface area contributed by atoms with E-state index in [0.717, 1.165) is 23.2 Å². The van der Waals surface area contributed by atoms with Gasteiger partial charge < -0.3 is 15.7 Å². The first-order valence-electron chi connectivity index (χ1n) is 8.33. The fourth-order valence-electron chi connectivity index (χ4n) is 2.99. The standard InChI is InChI=1S/C18H23N3O2S/c1-3-15-17(24-10-20-15)13-6-4-12(5-7-13)11(2)21-18(23)16-8-14(22)9-19-16/h4-7,10-11,14,16,19,22H,3,8-9H2,1-2H3,(H,21,23)/t11-,14+,16-/m0/s1. The number of hydrogen-bond donors (Lipinski definition) is 3. The second kappa shape index (κ2) is 7.42. The third-order valence-corrected chi connectivity index (χ3v) is 5.35. The lowest BCUT2D eigenvalue weighted by molar-refractivity contribution is -0.123. The van der Waals surface area contributed by atoms with Crippen LogP contribution < -0.4 is 10.6 Å². The lowest BCUT2D eigenvalue weighted by Crippen LogP contribution is -2.41. The fraction of sp³-hybridized carbons (Fsp3) is 0.444. The molecule has 1 aromatic carbocycles. The van der Waals surface area contributed by atoms with Crippen molar-refractivity contribution in [1.82, 2.24) is 15.6 Å². The van der Waals surface area contributed by atoms with Crippen LogP contribution >= 0.6 is 11.3 Å². The number of β-amino-alcohol motifs (C(OH)–C–C–N with tert-alkyl or cyclic N) is 1. The Balaban J connectivity index is 1.65. The second-order valence-electron chi connectivity index (χ2n) is 6.18. The van der Waals surface area contributed by atoms with Crippen LogP contribution in [-0.2, 0) is 11.2 Å². The van der Waals surface area contributed by atoms with Gasteiger partial charge in [-0.15, -0.1) is 11.3 Å². The molecule has 1 amide bonds. The number of amides is 1. The van der Waals surface area contributed by atoms with E-state index in [4.69, 9.17) is 0 Å². The molecule has 6 heteroatoms. The zero-order chi connectivity index (χ0) is 17.1. The van der Waals surface area contributed by atoms with Crippen molar-refractivity contribution in [2.45, 2.75) is 44.9 Å². The van der Waals surface area contributed by atoms with Gasteiger partial charge in [-0.1, -0.05) is 31.2 Å². The number of aliphatic hydroxyl groups is 1. The third-order valence-electron chi connectivity index (χ3n) is 4.43. The van der Waals surface area contributed by atoms with Crippen LogP contribution in [0.2, 0.25) is 0 Å². The van der Waals surface area contributed by atoms with Crippen molar-refractivity contribution in [2.24, 2.45) is 0 Å². The summed E-state index contributed by atoms with van der Waals surface area (Å²) in [5.41, 5.74) is 5.24. The molecule has 0 unspecified atom stereocenters. The quantitative estimate of drug-likeness (QED) is 0.777. The molecule has 1 aliphatic rings. The number of carbonyl (C=O) groups excluding carboxylic acids is 1. The molecule has 128 valence electrons. The van der Waals surface area contributed by atoms with Gasteiger partial charge in [-0.3, -0.25) is 4.79 Å². The van der Waals surface area contributed by atoms with E-state index in [1.807, 2.05) is 12.4 Å². The topological polar surface area (TPSA) is 74.2 Å². The number of benzene rings is 1. The summed E-state index contributed by atoms with van der Waals surface area (Å²) in [4.78, 5) is 17.8. The van der Waals surface area contributed by atoms with Crippen LogP contribution in [0.15, 0.2) is 29.8 Å². The highest BCUT2D eigenvalue weighted by molar-refractivity contribution is 7.13. The predicted molar refractivity (Wildman–Crippen MR) is 95.9 cm³/mol. The molecular weight excluding hydrogens is 322 g/mol. The van der Waals surface area contributed by atoms with E-state index in [2.05, 4.69) is 46.8 Å². The summed E-state index contributed by atoms with van der Waals surface area (Å²) in [6.45, 7) is 4.57. The average molecular weight is 345 g/mol. The molecule has 1 aromatic heterocycles. The minimum atomic E-state index is -0.428. The molecular formula is C18H23N3O2S. The molecule has 1 aliphatic heterocycles. The van der Waals surface area contributed by atoms with Crippen molar-refractivity contribution >= 4 is 17.2 Å². The van der Waals surface area contributed by atoms with Crippen molar-refractivity contribution in [3.63, 3.8) is 0 Å². The first-order chi connectivity index (χ1) is 11.6. The Morgan fingerprint density at radius 2 is 2.21 bits per heavy atom. The number of nitrogens with one attached hydrogen (secondary N) is 2. The molecule has 1 fully saturated rings. The fourth-order valence-corrected chi connectivity index (χ4v) is 3.88. The average Bonchev–Trinajstić information content (AvgIpc) is 3.23. The van der Waals surface area contributed by atoms with E-state index in [-0.39, 0.29) is 18.0 Å². The smallest absolute Gasteiger partial charge is 0.237 e. The van der Waals surface area contributed by atoms with Crippen LogP contribution in [0.1, 0.15) is 37.6 Å². The van der Waals surface area contributed by atoms with Crippen LogP contribution in [0.4, 0.5) is 0 Å². The molecule has 5 nitrogen and oxygen atoms in total. The Kier molecular flexibility index (Phi) is 5.28. The predicted octanol–water partition coefficient (Wildman–Crippen LogP) is 2.27. The number of rotatable bonds is 5. The molecule has 0 bridgehead atoms. The number of hydrogen-bond acceptors (Lipinski definition) is 5. The van der Waals surface area contributed by atoms with Crippen molar-refractivity contribution < 1.29 is 9.90 Å². The summed E-state index contributed by atoms with van der Waals surface area (Å²) in [6.07, 6.45) is 0.971. The highest BCUT2D eigenvalue weighted by atomic mass is 32.1. The number of aryl methyl sites for hydroxylation is 1. The summed E-state index contributed by atoms with van der Waals surface area (Å²) in [6, 6.07) is 7.90. The molecule has 2 aromatic rings.